The van der Waals surface area contributed by atoms with Gasteiger partial charge in [0.1, 0.15) is 12.2 Å². The lowest BCUT2D eigenvalue weighted by atomic mass is 9.77. The van der Waals surface area contributed by atoms with E-state index in [9.17, 15) is 10.2 Å². The van der Waals surface area contributed by atoms with Gasteiger partial charge in [-0.15, -0.1) is 0 Å². The summed E-state index contributed by atoms with van der Waals surface area (Å²) >= 11 is 0. The van der Waals surface area contributed by atoms with Crippen LogP contribution in [0.5, 0.6) is 0 Å². The number of ether oxygens (including phenoxy) is 2. The molecular weight excluding hydrogens is 204 g/mol. The summed E-state index contributed by atoms with van der Waals surface area (Å²) < 4.78 is 9.91. The molecule has 0 saturated carbocycles. The summed E-state index contributed by atoms with van der Waals surface area (Å²) in [5.41, 5.74) is -0.735. The van der Waals surface area contributed by atoms with E-state index in [2.05, 4.69) is 0 Å². The van der Waals surface area contributed by atoms with E-state index in [0.29, 0.717) is 0 Å². The van der Waals surface area contributed by atoms with Crippen molar-refractivity contribution < 1.29 is 29.9 Å². The second kappa shape index (κ2) is 4.73. The Morgan fingerprint density at radius 3 is 2.53 bits per heavy atom. The molecule has 0 bridgehead atoms. The standard InChI is InChI=1S/C9H18O6/c1-9(4-14-2)3-5(10)8(13)15-6(9)7(11)12/h5-8,10-13H,3-4H2,1-2H3. The fourth-order valence-electron chi connectivity index (χ4n) is 2.00. The fourth-order valence-corrected chi connectivity index (χ4v) is 2.00. The van der Waals surface area contributed by atoms with Crippen molar-refractivity contribution in [3.05, 3.63) is 0 Å². The minimum atomic E-state index is -1.72. The van der Waals surface area contributed by atoms with Gasteiger partial charge in [0.25, 0.3) is 0 Å². The topological polar surface area (TPSA) is 99.4 Å². The lowest BCUT2D eigenvalue weighted by Crippen LogP contribution is -2.56. The monoisotopic (exact) mass is 222 g/mol. The second-order valence-corrected chi connectivity index (χ2v) is 4.22. The first-order valence-electron chi connectivity index (χ1n) is 4.77. The lowest BCUT2D eigenvalue weighted by Gasteiger charge is -2.45. The highest BCUT2D eigenvalue weighted by Gasteiger charge is 2.47. The molecule has 4 N–H and O–H groups in total. The number of methoxy groups -OCH3 is 1. The van der Waals surface area contributed by atoms with Gasteiger partial charge in [-0.3, -0.25) is 0 Å². The van der Waals surface area contributed by atoms with Gasteiger partial charge in [-0.25, -0.2) is 0 Å². The first-order valence-corrected chi connectivity index (χ1v) is 4.77. The SMILES string of the molecule is COCC1(C)CC(O)C(O)OC1C(O)O. The van der Waals surface area contributed by atoms with Crippen LogP contribution in [-0.4, -0.2) is 58.9 Å². The Kier molecular flexibility index (Phi) is 4.05. The predicted octanol–water partition coefficient (Wildman–Crippen LogP) is -1.58. The van der Waals surface area contributed by atoms with E-state index in [4.69, 9.17) is 19.7 Å². The Morgan fingerprint density at radius 2 is 2.07 bits per heavy atom. The van der Waals surface area contributed by atoms with E-state index >= 15 is 0 Å². The molecule has 1 rings (SSSR count). The average Bonchev–Trinajstić information content (AvgIpc) is 2.11. The van der Waals surface area contributed by atoms with Crippen LogP contribution in [0.4, 0.5) is 0 Å². The van der Waals surface area contributed by atoms with Crippen molar-refractivity contribution in [2.24, 2.45) is 5.41 Å². The Bertz CT molecular complexity index is 209. The highest BCUT2D eigenvalue weighted by molar-refractivity contribution is 4.91. The molecule has 0 aromatic carbocycles. The lowest BCUT2D eigenvalue weighted by molar-refractivity contribution is -0.305. The first kappa shape index (κ1) is 12.8. The van der Waals surface area contributed by atoms with E-state index in [-0.39, 0.29) is 13.0 Å². The van der Waals surface area contributed by atoms with Crippen molar-refractivity contribution in [3.8, 4) is 0 Å². The van der Waals surface area contributed by atoms with Gasteiger partial charge < -0.3 is 29.9 Å². The van der Waals surface area contributed by atoms with E-state index in [1.165, 1.54) is 7.11 Å². The number of aliphatic hydroxyl groups excluding tert-OH is 3. The molecule has 4 unspecified atom stereocenters. The first-order chi connectivity index (χ1) is 6.90. The van der Waals surface area contributed by atoms with Crippen molar-refractivity contribution >= 4 is 0 Å². The molecule has 0 radical (unpaired) electrons. The molecule has 15 heavy (non-hydrogen) atoms. The van der Waals surface area contributed by atoms with E-state index in [1.54, 1.807) is 6.92 Å². The van der Waals surface area contributed by atoms with Gasteiger partial charge in [-0.2, -0.15) is 0 Å². The smallest absolute Gasteiger partial charge is 0.181 e. The van der Waals surface area contributed by atoms with Crippen LogP contribution in [0.2, 0.25) is 0 Å². The van der Waals surface area contributed by atoms with Gasteiger partial charge in [0.05, 0.1) is 6.61 Å². The zero-order valence-corrected chi connectivity index (χ0v) is 8.83. The summed E-state index contributed by atoms with van der Waals surface area (Å²) in [5, 5.41) is 37.0. The van der Waals surface area contributed by atoms with Gasteiger partial charge in [-0.1, -0.05) is 6.92 Å². The normalized spacial score (nSPS) is 42.2. The number of aliphatic hydroxyl groups is 4. The van der Waals surface area contributed by atoms with E-state index in [0.717, 1.165) is 0 Å². The molecule has 0 amide bonds. The van der Waals surface area contributed by atoms with Crippen LogP contribution < -0.4 is 0 Å². The van der Waals surface area contributed by atoms with Crippen LogP contribution in [0.15, 0.2) is 0 Å². The Hall–Kier alpha value is -0.240. The Balaban J connectivity index is 2.80. The minimum absolute atomic E-state index is 0.185. The molecule has 1 aliphatic rings. The summed E-state index contributed by atoms with van der Waals surface area (Å²) in [7, 11) is 1.48. The zero-order chi connectivity index (χ0) is 11.6. The van der Waals surface area contributed by atoms with Gasteiger partial charge in [-0.05, 0) is 6.42 Å². The highest BCUT2D eigenvalue weighted by atomic mass is 16.6. The number of rotatable bonds is 3. The van der Waals surface area contributed by atoms with Gasteiger partial charge in [0.2, 0.25) is 0 Å². The summed E-state index contributed by atoms with van der Waals surface area (Å²) in [5.74, 6) is 0. The van der Waals surface area contributed by atoms with Gasteiger partial charge in [0, 0.05) is 12.5 Å². The summed E-state index contributed by atoms with van der Waals surface area (Å²) in [4.78, 5) is 0. The van der Waals surface area contributed by atoms with Crippen molar-refractivity contribution in [2.75, 3.05) is 13.7 Å². The molecule has 4 atom stereocenters. The van der Waals surface area contributed by atoms with Gasteiger partial charge >= 0.3 is 0 Å². The summed E-state index contributed by atoms with van der Waals surface area (Å²) in [6.45, 7) is 1.91. The van der Waals surface area contributed by atoms with Crippen LogP contribution >= 0.6 is 0 Å². The quantitative estimate of drug-likeness (QED) is 0.430. The van der Waals surface area contributed by atoms with Crippen LogP contribution in [-0.2, 0) is 9.47 Å². The number of hydrogen-bond acceptors (Lipinski definition) is 6. The molecule has 1 fully saturated rings. The van der Waals surface area contributed by atoms with Crippen LogP contribution in [0.25, 0.3) is 0 Å². The maximum absolute atomic E-state index is 9.45. The third-order valence-electron chi connectivity index (χ3n) is 2.72. The molecule has 6 nitrogen and oxygen atoms in total. The largest absolute Gasteiger partial charge is 0.388 e. The van der Waals surface area contributed by atoms with E-state index < -0.39 is 30.2 Å². The number of hydrogen-bond donors (Lipinski definition) is 4. The summed E-state index contributed by atoms with van der Waals surface area (Å²) in [6.07, 6.45) is -4.94. The van der Waals surface area contributed by atoms with Crippen molar-refractivity contribution in [3.63, 3.8) is 0 Å². The van der Waals surface area contributed by atoms with Crippen LogP contribution in [0.1, 0.15) is 13.3 Å². The third kappa shape index (κ3) is 2.66. The van der Waals surface area contributed by atoms with Crippen LogP contribution in [0.3, 0.4) is 0 Å². The summed E-state index contributed by atoms with van der Waals surface area (Å²) in [6, 6.07) is 0. The highest BCUT2D eigenvalue weighted by Crippen LogP contribution is 2.37. The van der Waals surface area contributed by atoms with Gasteiger partial charge in [0.15, 0.2) is 12.6 Å². The van der Waals surface area contributed by atoms with Crippen molar-refractivity contribution in [1.29, 1.82) is 0 Å². The molecule has 90 valence electrons. The third-order valence-corrected chi connectivity index (χ3v) is 2.72. The Labute approximate surface area is 88.1 Å². The zero-order valence-electron chi connectivity index (χ0n) is 8.83. The van der Waals surface area contributed by atoms with E-state index in [1.807, 2.05) is 0 Å². The molecular formula is C9H18O6. The molecule has 0 aromatic rings. The predicted molar refractivity (Wildman–Crippen MR) is 49.7 cm³/mol. The molecule has 1 aliphatic heterocycles. The van der Waals surface area contributed by atoms with Crippen LogP contribution in [0, 0.1) is 5.41 Å². The maximum atomic E-state index is 9.45. The molecule has 0 aromatic heterocycles. The van der Waals surface area contributed by atoms with Crippen molar-refractivity contribution in [2.45, 2.75) is 38.1 Å². The molecule has 1 heterocycles. The second-order valence-electron chi connectivity index (χ2n) is 4.22. The minimum Gasteiger partial charge on any atom is -0.388 e. The molecule has 0 spiro atoms. The van der Waals surface area contributed by atoms with Crippen molar-refractivity contribution in [1.82, 2.24) is 0 Å². The molecule has 1 saturated heterocycles. The molecule has 6 heteroatoms. The molecule has 0 aliphatic carbocycles. The fraction of sp³-hybridized carbons (Fsp3) is 1.00. The Morgan fingerprint density at radius 1 is 1.47 bits per heavy atom. The maximum Gasteiger partial charge on any atom is 0.181 e. The average molecular weight is 222 g/mol.